The average Bonchev–Trinajstić information content (AvgIpc) is 3.19. The van der Waals surface area contributed by atoms with Crippen molar-refractivity contribution >= 4 is 11.6 Å². The van der Waals surface area contributed by atoms with Crippen LogP contribution < -0.4 is 14.8 Å². The van der Waals surface area contributed by atoms with Crippen molar-refractivity contribution in [3.63, 3.8) is 0 Å². The zero-order valence-electron chi connectivity index (χ0n) is 13.1. The third-order valence-electron chi connectivity index (χ3n) is 5.27. The summed E-state index contributed by atoms with van der Waals surface area (Å²) in [4.78, 5) is 12.6. The number of benzene rings is 2. The maximum Gasteiger partial charge on any atom is 0.235 e. The van der Waals surface area contributed by atoms with Gasteiger partial charge in [-0.15, -0.1) is 0 Å². The Balaban J connectivity index is 1.60. The smallest absolute Gasteiger partial charge is 0.235 e. The highest BCUT2D eigenvalue weighted by Crippen LogP contribution is 2.47. The molecule has 1 saturated heterocycles. The maximum absolute atomic E-state index is 12.6. The Hall–Kier alpha value is -2.53. The third-order valence-corrected chi connectivity index (χ3v) is 5.27. The van der Waals surface area contributed by atoms with Crippen LogP contribution in [0.3, 0.4) is 0 Å². The lowest BCUT2D eigenvalue weighted by molar-refractivity contribution is -0.124. The van der Waals surface area contributed by atoms with Gasteiger partial charge in [-0.3, -0.25) is 4.79 Å². The van der Waals surface area contributed by atoms with Gasteiger partial charge in [0.05, 0.1) is 5.41 Å². The van der Waals surface area contributed by atoms with E-state index in [1.165, 1.54) is 0 Å². The normalized spacial score (nSPS) is 20.1. The second-order valence-corrected chi connectivity index (χ2v) is 6.45. The Labute approximate surface area is 139 Å². The summed E-state index contributed by atoms with van der Waals surface area (Å²) < 4.78 is 16.5. The number of anilines is 1. The highest BCUT2D eigenvalue weighted by Gasteiger charge is 2.47. The maximum atomic E-state index is 12.6. The van der Waals surface area contributed by atoms with E-state index in [0.29, 0.717) is 13.2 Å². The van der Waals surface area contributed by atoms with Crippen molar-refractivity contribution in [2.75, 3.05) is 25.3 Å². The molecule has 0 atom stereocenters. The highest BCUT2D eigenvalue weighted by molar-refractivity contribution is 6.07. The average molecular weight is 323 g/mol. The van der Waals surface area contributed by atoms with E-state index in [1.54, 1.807) is 0 Å². The lowest BCUT2D eigenvalue weighted by Crippen LogP contribution is -2.39. The zero-order chi connectivity index (χ0) is 16.1. The van der Waals surface area contributed by atoms with Crippen molar-refractivity contribution in [3.8, 4) is 22.6 Å². The molecule has 5 rings (SSSR count). The van der Waals surface area contributed by atoms with E-state index >= 15 is 0 Å². The minimum atomic E-state index is -0.426. The quantitative estimate of drug-likeness (QED) is 0.876. The van der Waals surface area contributed by atoms with Gasteiger partial charge >= 0.3 is 0 Å². The lowest BCUT2D eigenvalue weighted by Gasteiger charge is -2.31. The number of hydrogen-bond acceptors (Lipinski definition) is 4. The molecule has 2 aromatic rings. The first-order chi connectivity index (χ1) is 11.8. The molecule has 0 unspecified atom stereocenters. The van der Waals surface area contributed by atoms with Crippen LogP contribution in [0.2, 0.25) is 0 Å². The Morgan fingerprint density at radius 1 is 1.04 bits per heavy atom. The van der Waals surface area contributed by atoms with Crippen LogP contribution in [0.15, 0.2) is 36.4 Å². The first-order valence-electron chi connectivity index (χ1n) is 8.21. The van der Waals surface area contributed by atoms with Gasteiger partial charge in [0, 0.05) is 24.5 Å². The van der Waals surface area contributed by atoms with Gasteiger partial charge in [0.15, 0.2) is 11.5 Å². The topological polar surface area (TPSA) is 56.8 Å². The molecular weight excluding hydrogens is 306 g/mol. The summed E-state index contributed by atoms with van der Waals surface area (Å²) in [6, 6.07) is 12.0. The monoisotopic (exact) mass is 323 g/mol. The van der Waals surface area contributed by atoms with Crippen LogP contribution in [0.5, 0.6) is 11.5 Å². The third kappa shape index (κ3) is 1.82. The Kier molecular flexibility index (Phi) is 2.88. The minimum absolute atomic E-state index is 0.0934. The van der Waals surface area contributed by atoms with Gasteiger partial charge in [-0.1, -0.05) is 24.3 Å². The van der Waals surface area contributed by atoms with E-state index in [-0.39, 0.29) is 12.7 Å². The van der Waals surface area contributed by atoms with Gasteiger partial charge < -0.3 is 19.5 Å². The summed E-state index contributed by atoms with van der Waals surface area (Å²) in [5.74, 6) is 1.62. The highest BCUT2D eigenvalue weighted by atomic mass is 16.7. The van der Waals surface area contributed by atoms with Crippen LogP contribution in [0.4, 0.5) is 5.69 Å². The fraction of sp³-hybridized carbons (Fsp3) is 0.316. The number of amides is 1. The van der Waals surface area contributed by atoms with Gasteiger partial charge in [-0.25, -0.2) is 0 Å². The lowest BCUT2D eigenvalue weighted by atomic mass is 9.75. The number of carbonyl (C=O) groups is 1. The molecule has 0 radical (unpaired) electrons. The molecule has 1 fully saturated rings. The van der Waals surface area contributed by atoms with Crippen LogP contribution >= 0.6 is 0 Å². The summed E-state index contributed by atoms with van der Waals surface area (Å²) in [5, 5.41) is 3.07. The van der Waals surface area contributed by atoms with E-state index in [0.717, 1.165) is 46.7 Å². The summed E-state index contributed by atoms with van der Waals surface area (Å²) in [5.41, 5.74) is 3.56. The molecule has 0 bridgehead atoms. The van der Waals surface area contributed by atoms with Crippen molar-refractivity contribution in [1.29, 1.82) is 0 Å². The van der Waals surface area contributed by atoms with E-state index in [4.69, 9.17) is 14.2 Å². The molecule has 5 nitrogen and oxygen atoms in total. The van der Waals surface area contributed by atoms with Crippen LogP contribution in [-0.4, -0.2) is 25.9 Å². The molecular formula is C19H17NO4. The molecule has 1 spiro atoms. The number of hydrogen-bond donors (Lipinski definition) is 1. The van der Waals surface area contributed by atoms with E-state index in [1.807, 2.05) is 24.3 Å². The summed E-state index contributed by atoms with van der Waals surface area (Å²) in [6.07, 6.45) is 1.48. The number of carbonyl (C=O) groups excluding carboxylic acids is 1. The standard InChI is InChI=1S/C19H17NO4/c21-18-19(6-8-22-9-7-19)14-5-4-12(10-15(14)20-18)13-2-1-3-16-17(13)24-11-23-16/h1-5,10H,6-9,11H2,(H,20,21). The SMILES string of the molecule is O=C1Nc2cc(-c3cccc4c3OCO4)ccc2C12CCOCC2. The van der Waals surface area contributed by atoms with E-state index in [9.17, 15) is 4.79 Å². The van der Waals surface area contributed by atoms with Crippen molar-refractivity contribution in [2.24, 2.45) is 0 Å². The molecule has 0 aromatic heterocycles. The molecule has 1 amide bonds. The fourth-order valence-electron chi connectivity index (χ4n) is 3.97. The predicted octanol–water partition coefficient (Wildman–Crippen LogP) is 3.08. The second-order valence-electron chi connectivity index (χ2n) is 6.45. The number of nitrogens with one attached hydrogen (secondary N) is 1. The summed E-state index contributed by atoms with van der Waals surface area (Å²) >= 11 is 0. The molecule has 0 saturated carbocycles. The molecule has 3 heterocycles. The Morgan fingerprint density at radius 2 is 1.92 bits per heavy atom. The summed E-state index contributed by atoms with van der Waals surface area (Å²) in [7, 11) is 0. The first kappa shape index (κ1) is 13.9. The van der Waals surface area contributed by atoms with Crippen LogP contribution in [0, 0.1) is 0 Å². The Morgan fingerprint density at radius 3 is 2.79 bits per heavy atom. The van der Waals surface area contributed by atoms with Gasteiger partial charge in [-0.05, 0) is 36.1 Å². The van der Waals surface area contributed by atoms with Crippen molar-refractivity contribution < 1.29 is 19.0 Å². The fourth-order valence-corrected chi connectivity index (χ4v) is 3.97. The van der Waals surface area contributed by atoms with Crippen LogP contribution in [0.25, 0.3) is 11.1 Å². The molecule has 122 valence electrons. The summed E-state index contributed by atoms with van der Waals surface area (Å²) in [6.45, 7) is 1.51. The Bertz CT molecular complexity index is 839. The molecule has 2 aromatic carbocycles. The first-order valence-corrected chi connectivity index (χ1v) is 8.21. The van der Waals surface area contributed by atoms with Crippen LogP contribution in [-0.2, 0) is 14.9 Å². The predicted molar refractivity (Wildman–Crippen MR) is 88.4 cm³/mol. The van der Waals surface area contributed by atoms with Crippen LogP contribution in [0.1, 0.15) is 18.4 Å². The van der Waals surface area contributed by atoms with E-state index < -0.39 is 5.41 Å². The molecule has 0 aliphatic carbocycles. The number of fused-ring (bicyclic) bond motifs is 3. The second kappa shape index (κ2) is 4.98. The van der Waals surface area contributed by atoms with Crippen molar-refractivity contribution in [1.82, 2.24) is 0 Å². The number of rotatable bonds is 1. The largest absolute Gasteiger partial charge is 0.454 e. The molecule has 5 heteroatoms. The van der Waals surface area contributed by atoms with Gasteiger partial charge in [0.1, 0.15) is 0 Å². The number of ether oxygens (including phenoxy) is 3. The zero-order valence-corrected chi connectivity index (χ0v) is 13.1. The van der Waals surface area contributed by atoms with Crippen molar-refractivity contribution in [3.05, 3.63) is 42.0 Å². The minimum Gasteiger partial charge on any atom is -0.454 e. The molecule has 3 aliphatic heterocycles. The van der Waals surface area contributed by atoms with Gasteiger partial charge in [0.2, 0.25) is 12.7 Å². The van der Waals surface area contributed by atoms with Gasteiger partial charge in [-0.2, -0.15) is 0 Å². The molecule has 3 aliphatic rings. The number of para-hydroxylation sites is 1. The molecule has 24 heavy (non-hydrogen) atoms. The molecule has 1 N–H and O–H groups in total. The van der Waals surface area contributed by atoms with Gasteiger partial charge in [0.25, 0.3) is 0 Å². The van der Waals surface area contributed by atoms with E-state index in [2.05, 4.69) is 17.4 Å². The van der Waals surface area contributed by atoms with Crippen molar-refractivity contribution in [2.45, 2.75) is 18.3 Å².